The number of hydrogen-bond donors (Lipinski definition) is 2. The summed E-state index contributed by atoms with van der Waals surface area (Å²) in [5.74, 6) is -1.93. The summed E-state index contributed by atoms with van der Waals surface area (Å²) >= 11 is 0. The van der Waals surface area contributed by atoms with Crippen molar-refractivity contribution in [1.82, 2.24) is 0 Å². The van der Waals surface area contributed by atoms with Crippen molar-refractivity contribution < 1.29 is 32.1 Å². The number of para-hydroxylation sites is 1. The number of anilines is 1. The van der Waals surface area contributed by atoms with Gasteiger partial charge in [0.1, 0.15) is 5.25 Å². The summed E-state index contributed by atoms with van der Waals surface area (Å²) in [6.07, 6.45) is -4.63. The number of carboxylic acid groups (broad SMARTS) is 1. The van der Waals surface area contributed by atoms with E-state index in [0.717, 1.165) is 12.1 Å². The van der Waals surface area contributed by atoms with E-state index in [2.05, 4.69) is 5.32 Å². The van der Waals surface area contributed by atoms with Crippen LogP contribution in [0.15, 0.2) is 48.5 Å². The highest BCUT2D eigenvalue weighted by molar-refractivity contribution is 7.85. The monoisotopic (exact) mass is 399 g/mol. The fourth-order valence-corrected chi connectivity index (χ4v) is 3.29. The molecule has 144 valence electrons. The molecular formula is C18H16F3NO4S. The van der Waals surface area contributed by atoms with Gasteiger partial charge in [0.05, 0.1) is 16.8 Å². The molecule has 2 rings (SSSR count). The van der Waals surface area contributed by atoms with Crippen LogP contribution in [-0.4, -0.2) is 26.4 Å². The fraction of sp³-hybridized carbons (Fsp3) is 0.222. The number of carbonyl (C=O) groups excluding carboxylic acids is 1. The van der Waals surface area contributed by atoms with Gasteiger partial charge in [0.2, 0.25) is 5.91 Å². The first-order valence-corrected chi connectivity index (χ1v) is 9.14. The van der Waals surface area contributed by atoms with E-state index in [1.54, 1.807) is 0 Å². The van der Waals surface area contributed by atoms with Crippen molar-refractivity contribution in [3.05, 3.63) is 65.2 Å². The van der Waals surface area contributed by atoms with Gasteiger partial charge >= 0.3 is 12.1 Å². The zero-order chi connectivity index (χ0) is 20.2. The van der Waals surface area contributed by atoms with E-state index in [-0.39, 0.29) is 11.3 Å². The summed E-state index contributed by atoms with van der Waals surface area (Å²) in [6.45, 7) is 1.35. The lowest BCUT2D eigenvalue weighted by atomic mass is 10.1. The smallest absolute Gasteiger partial charge is 0.418 e. The summed E-state index contributed by atoms with van der Waals surface area (Å²) < 4.78 is 51.3. The molecule has 0 aliphatic rings. The van der Waals surface area contributed by atoms with Gasteiger partial charge in [-0.05, 0) is 36.8 Å². The highest BCUT2D eigenvalue weighted by Gasteiger charge is 2.34. The normalized spacial score (nSPS) is 13.6. The van der Waals surface area contributed by atoms with E-state index in [0.29, 0.717) is 5.56 Å². The Bertz CT molecular complexity index is 866. The lowest BCUT2D eigenvalue weighted by molar-refractivity contribution is -0.137. The third-order valence-electron chi connectivity index (χ3n) is 3.76. The minimum atomic E-state index is -4.63. The second-order valence-corrected chi connectivity index (χ2v) is 7.46. The average molecular weight is 399 g/mol. The van der Waals surface area contributed by atoms with Crippen LogP contribution in [0.5, 0.6) is 0 Å². The average Bonchev–Trinajstić information content (AvgIpc) is 2.61. The van der Waals surface area contributed by atoms with Crippen molar-refractivity contribution in [3.63, 3.8) is 0 Å². The predicted molar refractivity (Wildman–Crippen MR) is 94.8 cm³/mol. The van der Waals surface area contributed by atoms with E-state index in [4.69, 9.17) is 5.11 Å². The topological polar surface area (TPSA) is 83.5 Å². The Kier molecular flexibility index (Phi) is 6.37. The third-order valence-corrected chi connectivity index (χ3v) is 5.38. The first kappa shape index (κ1) is 20.6. The number of benzene rings is 2. The Morgan fingerprint density at radius 3 is 2.26 bits per heavy atom. The molecule has 1 amide bonds. The van der Waals surface area contributed by atoms with Crippen LogP contribution in [0.1, 0.15) is 28.4 Å². The third kappa shape index (κ3) is 5.40. The predicted octanol–water partition coefficient (Wildman–Crippen LogP) is 3.68. The maximum atomic E-state index is 13.0. The molecule has 2 atom stereocenters. The van der Waals surface area contributed by atoms with Gasteiger partial charge in [0.15, 0.2) is 0 Å². The van der Waals surface area contributed by atoms with Gasteiger partial charge < -0.3 is 10.4 Å². The molecule has 0 bridgehead atoms. The first-order chi connectivity index (χ1) is 12.6. The molecule has 0 aliphatic carbocycles. The summed E-state index contributed by atoms with van der Waals surface area (Å²) in [4.78, 5) is 23.0. The van der Waals surface area contributed by atoms with Gasteiger partial charge in [0.25, 0.3) is 0 Å². The molecule has 0 saturated heterocycles. The van der Waals surface area contributed by atoms with Crippen LogP contribution in [0, 0.1) is 0 Å². The molecule has 9 heteroatoms. The van der Waals surface area contributed by atoms with Gasteiger partial charge in [-0.3, -0.25) is 9.00 Å². The molecule has 2 unspecified atom stereocenters. The molecular weight excluding hydrogens is 383 g/mol. The summed E-state index contributed by atoms with van der Waals surface area (Å²) in [6, 6.07) is 10.2. The molecule has 0 aliphatic heterocycles. The molecule has 0 aromatic heterocycles. The van der Waals surface area contributed by atoms with Crippen molar-refractivity contribution in [2.24, 2.45) is 0 Å². The number of halogens is 3. The Hall–Kier alpha value is -2.68. The van der Waals surface area contributed by atoms with Gasteiger partial charge in [-0.15, -0.1) is 0 Å². The molecule has 5 nitrogen and oxygen atoms in total. The van der Waals surface area contributed by atoms with Crippen LogP contribution in [0.2, 0.25) is 0 Å². The number of nitrogens with one attached hydrogen (secondary N) is 1. The number of amides is 1. The SMILES string of the molecule is CC(C(=O)Nc1ccccc1C(F)(F)F)S(=O)Cc1ccc(C(=O)O)cc1. The van der Waals surface area contributed by atoms with Crippen molar-refractivity contribution in [2.45, 2.75) is 24.1 Å². The molecule has 0 saturated carbocycles. The Morgan fingerprint density at radius 2 is 1.70 bits per heavy atom. The van der Waals surface area contributed by atoms with Crippen molar-refractivity contribution in [1.29, 1.82) is 0 Å². The number of carbonyl (C=O) groups is 2. The summed E-state index contributed by atoms with van der Waals surface area (Å²) in [7, 11) is -1.71. The summed E-state index contributed by atoms with van der Waals surface area (Å²) in [5, 5.41) is 9.96. The number of carboxylic acids is 1. The highest BCUT2D eigenvalue weighted by Crippen LogP contribution is 2.34. The van der Waals surface area contributed by atoms with E-state index in [9.17, 15) is 27.0 Å². The van der Waals surface area contributed by atoms with Crippen LogP contribution in [0.3, 0.4) is 0 Å². The van der Waals surface area contributed by atoms with E-state index < -0.39 is 45.4 Å². The van der Waals surface area contributed by atoms with Crippen LogP contribution in [0.25, 0.3) is 0 Å². The van der Waals surface area contributed by atoms with Crippen molar-refractivity contribution in [3.8, 4) is 0 Å². The Morgan fingerprint density at radius 1 is 1.11 bits per heavy atom. The maximum Gasteiger partial charge on any atom is 0.418 e. The molecule has 0 fully saturated rings. The Labute approximate surface area is 155 Å². The molecule has 2 aromatic carbocycles. The van der Waals surface area contributed by atoms with Crippen LogP contribution < -0.4 is 5.32 Å². The number of hydrogen-bond acceptors (Lipinski definition) is 3. The van der Waals surface area contributed by atoms with E-state index >= 15 is 0 Å². The summed E-state index contributed by atoms with van der Waals surface area (Å²) in [5.41, 5.74) is -0.766. The first-order valence-electron chi connectivity index (χ1n) is 7.76. The lowest BCUT2D eigenvalue weighted by Gasteiger charge is -2.16. The quantitative estimate of drug-likeness (QED) is 0.776. The molecule has 2 N–H and O–H groups in total. The zero-order valence-corrected chi connectivity index (χ0v) is 14.9. The van der Waals surface area contributed by atoms with Crippen molar-refractivity contribution >= 4 is 28.4 Å². The second-order valence-electron chi connectivity index (χ2n) is 5.70. The highest BCUT2D eigenvalue weighted by atomic mass is 32.2. The molecule has 0 radical (unpaired) electrons. The van der Waals surface area contributed by atoms with Gasteiger partial charge in [-0.25, -0.2) is 4.79 Å². The van der Waals surface area contributed by atoms with E-state index in [1.807, 2.05) is 0 Å². The fourth-order valence-electron chi connectivity index (χ4n) is 2.23. The van der Waals surface area contributed by atoms with Crippen LogP contribution >= 0.6 is 0 Å². The van der Waals surface area contributed by atoms with Crippen molar-refractivity contribution in [2.75, 3.05) is 5.32 Å². The number of aromatic carboxylic acids is 1. The minimum Gasteiger partial charge on any atom is -0.478 e. The molecule has 0 spiro atoms. The second kappa shape index (κ2) is 8.34. The minimum absolute atomic E-state index is 0.0323. The van der Waals surface area contributed by atoms with Gasteiger partial charge in [0, 0.05) is 16.6 Å². The Balaban J connectivity index is 2.07. The zero-order valence-electron chi connectivity index (χ0n) is 14.1. The van der Waals surface area contributed by atoms with Crippen LogP contribution in [0.4, 0.5) is 18.9 Å². The molecule has 27 heavy (non-hydrogen) atoms. The van der Waals surface area contributed by atoms with Crippen LogP contribution in [-0.2, 0) is 27.5 Å². The largest absolute Gasteiger partial charge is 0.478 e. The number of alkyl halides is 3. The van der Waals surface area contributed by atoms with E-state index in [1.165, 1.54) is 43.3 Å². The number of rotatable bonds is 6. The maximum absolute atomic E-state index is 13.0. The van der Waals surface area contributed by atoms with Gasteiger partial charge in [-0.1, -0.05) is 24.3 Å². The standard InChI is InChI=1S/C18H16F3NO4S/c1-11(27(26)10-12-6-8-13(9-7-12)17(24)25)16(23)22-15-5-3-2-4-14(15)18(19,20)21/h2-9,11H,10H2,1H3,(H,22,23)(H,24,25). The molecule has 0 heterocycles. The molecule has 2 aromatic rings. The van der Waals surface area contributed by atoms with Gasteiger partial charge in [-0.2, -0.15) is 13.2 Å². The lowest BCUT2D eigenvalue weighted by Crippen LogP contribution is -2.30.